The van der Waals surface area contributed by atoms with Crippen LogP contribution < -0.4 is 0 Å². The second kappa shape index (κ2) is 2.05. The third-order valence-corrected chi connectivity index (χ3v) is 1.73. The predicted octanol–water partition coefficient (Wildman–Crippen LogP) is 0.479. The molecule has 0 amide bonds. The van der Waals surface area contributed by atoms with Crippen LogP contribution in [-0.4, -0.2) is 24.8 Å². The fraction of sp³-hybridized carbons (Fsp3) is 0.250. The number of hydrogen-bond donors (Lipinski definition) is 0. The van der Waals surface area contributed by atoms with E-state index >= 15 is 0 Å². The first-order valence-electron chi connectivity index (χ1n) is 3.38. The van der Waals surface area contributed by atoms with Crippen molar-refractivity contribution in [3.8, 4) is 0 Å². The number of carbonyl (C=O) groups is 1. The lowest BCUT2D eigenvalue weighted by Crippen LogP contribution is -2.13. The molecule has 0 bridgehead atoms. The molecule has 0 saturated heterocycles. The van der Waals surface area contributed by atoms with Crippen molar-refractivity contribution < 1.29 is 9.53 Å². The fourth-order valence-corrected chi connectivity index (χ4v) is 1.10. The third kappa shape index (κ3) is 0.888. The van der Waals surface area contributed by atoms with Gasteiger partial charge >= 0.3 is 5.97 Å². The van der Waals surface area contributed by atoms with Gasteiger partial charge in [0.25, 0.3) is 0 Å². The van der Waals surface area contributed by atoms with Crippen molar-refractivity contribution in [1.82, 2.24) is 0 Å². The molecular formula is C8H7NO2. The van der Waals surface area contributed by atoms with Crippen LogP contribution in [0.4, 0.5) is 0 Å². The molecule has 3 nitrogen and oxygen atoms in total. The van der Waals surface area contributed by atoms with Crippen molar-refractivity contribution in [1.29, 1.82) is 0 Å². The maximum atomic E-state index is 11.0. The zero-order valence-electron chi connectivity index (χ0n) is 6.07. The van der Waals surface area contributed by atoms with Crippen LogP contribution in [0.25, 0.3) is 0 Å². The largest absolute Gasteiger partial charge is 0.465 e. The Kier molecular flexibility index (Phi) is 1.18. The minimum atomic E-state index is -0.296. The number of allylic oxidation sites excluding steroid dienone is 2. The van der Waals surface area contributed by atoms with E-state index in [2.05, 4.69) is 9.73 Å². The maximum absolute atomic E-state index is 11.0. The maximum Gasteiger partial charge on any atom is 0.339 e. The summed E-state index contributed by atoms with van der Waals surface area (Å²) in [7, 11) is 1.37. The van der Waals surface area contributed by atoms with Crippen LogP contribution in [-0.2, 0) is 9.53 Å². The molecule has 1 aliphatic heterocycles. The molecule has 0 spiro atoms. The van der Waals surface area contributed by atoms with Gasteiger partial charge in [0, 0.05) is 0 Å². The number of esters is 1. The lowest BCUT2D eigenvalue weighted by molar-refractivity contribution is -0.135. The Hall–Kier alpha value is -1.38. The first-order valence-corrected chi connectivity index (χ1v) is 3.38. The molecule has 1 aliphatic carbocycles. The molecule has 0 aromatic heterocycles. The summed E-state index contributed by atoms with van der Waals surface area (Å²) in [5, 5.41) is 0. The fourth-order valence-electron chi connectivity index (χ4n) is 1.10. The molecular weight excluding hydrogens is 142 g/mol. The number of rotatable bonds is 1. The minimum Gasteiger partial charge on any atom is -0.465 e. The first kappa shape index (κ1) is 6.34. The molecule has 1 heterocycles. The van der Waals surface area contributed by atoms with E-state index in [1.54, 1.807) is 6.08 Å². The third-order valence-electron chi connectivity index (χ3n) is 1.73. The van der Waals surface area contributed by atoms with Gasteiger partial charge in [-0.3, -0.25) is 4.99 Å². The van der Waals surface area contributed by atoms with Gasteiger partial charge in [-0.15, -0.1) is 0 Å². The molecule has 2 rings (SSSR count). The minimum absolute atomic E-state index is 0.161. The summed E-state index contributed by atoms with van der Waals surface area (Å²) in [6.07, 6.45) is 5.51. The zero-order valence-corrected chi connectivity index (χ0v) is 6.07. The number of nitrogens with zero attached hydrogens (tertiary/aromatic N) is 1. The molecule has 1 atom stereocenters. The van der Waals surface area contributed by atoms with Gasteiger partial charge in [0.1, 0.15) is 6.04 Å². The lowest BCUT2D eigenvalue weighted by atomic mass is 10.1. The molecule has 0 aromatic carbocycles. The highest BCUT2D eigenvalue weighted by Gasteiger charge is 2.33. The van der Waals surface area contributed by atoms with Crippen LogP contribution in [0, 0.1) is 0 Å². The molecule has 0 radical (unpaired) electrons. The quantitative estimate of drug-likeness (QED) is 0.508. The van der Waals surface area contributed by atoms with Gasteiger partial charge in [-0.25, -0.2) is 4.79 Å². The second-order valence-corrected chi connectivity index (χ2v) is 2.42. The standard InChI is InChI=1S/C8H7NO2/c1-11-8(10)5-3-2-4-6-7(5)9-6/h2-4,6H,1H3. The van der Waals surface area contributed by atoms with Gasteiger partial charge in [0.15, 0.2) is 0 Å². The molecule has 0 aromatic rings. The first-order chi connectivity index (χ1) is 5.33. The van der Waals surface area contributed by atoms with Crippen LogP contribution in [0.15, 0.2) is 28.8 Å². The Morgan fingerprint density at radius 3 is 3.27 bits per heavy atom. The van der Waals surface area contributed by atoms with Crippen molar-refractivity contribution in [2.75, 3.05) is 7.11 Å². The number of fused-ring (bicyclic) bond motifs is 1. The van der Waals surface area contributed by atoms with Crippen LogP contribution >= 0.6 is 0 Å². The number of hydrogen-bond acceptors (Lipinski definition) is 3. The van der Waals surface area contributed by atoms with Gasteiger partial charge < -0.3 is 4.74 Å². The molecule has 2 aliphatic rings. The van der Waals surface area contributed by atoms with Gasteiger partial charge in [0.05, 0.1) is 18.4 Å². The molecule has 3 heteroatoms. The Labute approximate surface area is 64.1 Å². The van der Waals surface area contributed by atoms with E-state index in [-0.39, 0.29) is 12.0 Å². The summed E-state index contributed by atoms with van der Waals surface area (Å²) in [6.45, 7) is 0. The summed E-state index contributed by atoms with van der Waals surface area (Å²) in [4.78, 5) is 15.1. The Morgan fingerprint density at radius 1 is 1.73 bits per heavy atom. The highest BCUT2D eigenvalue weighted by atomic mass is 16.5. The summed E-state index contributed by atoms with van der Waals surface area (Å²) >= 11 is 0. The molecule has 56 valence electrons. The SMILES string of the molecule is COC(=O)C1=CC=CC2N=C12. The molecule has 0 saturated carbocycles. The summed E-state index contributed by atoms with van der Waals surface area (Å²) < 4.78 is 4.56. The predicted molar refractivity (Wildman–Crippen MR) is 40.5 cm³/mol. The number of ether oxygens (including phenoxy) is 1. The van der Waals surface area contributed by atoms with Gasteiger partial charge in [0.2, 0.25) is 0 Å². The van der Waals surface area contributed by atoms with E-state index < -0.39 is 0 Å². The average Bonchev–Trinajstić information content (AvgIpc) is 2.80. The van der Waals surface area contributed by atoms with Crippen LogP contribution in [0.3, 0.4) is 0 Å². The lowest BCUT2D eigenvalue weighted by Gasteiger charge is -2.00. The average molecular weight is 149 g/mol. The Morgan fingerprint density at radius 2 is 2.55 bits per heavy atom. The summed E-state index contributed by atoms with van der Waals surface area (Å²) in [5.41, 5.74) is 1.46. The van der Waals surface area contributed by atoms with Crippen LogP contribution in [0.1, 0.15) is 0 Å². The summed E-state index contributed by atoms with van der Waals surface area (Å²) in [6, 6.07) is 0.161. The second-order valence-electron chi connectivity index (χ2n) is 2.42. The van der Waals surface area contributed by atoms with Gasteiger partial charge in [-0.1, -0.05) is 12.2 Å². The van der Waals surface area contributed by atoms with Crippen molar-refractivity contribution in [2.24, 2.45) is 4.99 Å². The van der Waals surface area contributed by atoms with Crippen molar-refractivity contribution >= 4 is 11.7 Å². The van der Waals surface area contributed by atoms with E-state index in [9.17, 15) is 4.79 Å². The Bertz CT molecular complexity index is 299. The molecule has 11 heavy (non-hydrogen) atoms. The topological polar surface area (TPSA) is 38.7 Å². The van der Waals surface area contributed by atoms with E-state index in [1.807, 2.05) is 12.2 Å². The number of methoxy groups -OCH3 is 1. The highest BCUT2D eigenvalue weighted by molar-refractivity contribution is 6.28. The smallest absolute Gasteiger partial charge is 0.339 e. The molecule has 0 N–H and O–H groups in total. The van der Waals surface area contributed by atoms with E-state index in [4.69, 9.17) is 0 Å². The zero-order chi connectivity index (χ0) is 7.84. The number of carbonyl (C=O) groups excluding carboxylic acids is 1. The normalized spacial score (nSPS) is 25.0. The van der Waals surface area contributed by atoms with Gasteiger partial charge in [-0.2, -0.15) is 0 Å². The van der Waals surface area contributed by atoms with E-state index in [0.29, 0.717) is 5.57 Å². The van der Waals surface area contributed by atoms with Crippen LogP contribution in [0.5, 0.6) is 0 Å². The highest BCUT2D eigenvalue weighted by Crippen LogP contribution is 2.24. The van der Waals surface area contributed by atoms with Crippen molar-refractivity contribution in [3.05, 3.63) is 23.8 Å². The molecule has 0 fully saturated rings. The van der Waals surface area contributed by atoms with Crippen molar-refractivity contribution in [3.63, 3.8) is 0 Å². The van der Waals surface area contributed by atoms with Crippen LogP contribution in [0.2, 0.25) is 0 Å². The Balaban J connectivity index is 2.25. The number of aliphatic imine (C=N–C) groups is 1. The summed E-state index contributed by atoms with van der Waals surface area (Å²) in [5.74, 6) is -0.296. The van der Waals surface area contributed by atoms with E-state index in [1.165, 1.54) is 7.11 Å². The van der Waals surface area contributed by atoms with Crippen molar-refractivity contribution in [2.45, 2.75) is 6.04 Å². The van der Waals surface area contributed by atoms with Gasteiger partial charge in [-0.05, 0) is 6.08 Å². The monoisotopic (exact) mass is 149 g/mol. The molecule has 1 unspecified atom stereocenters. The van der Waals surface area contributed by atoms with E-state index in [0.717, 1.165) is 5.71 Å².